The van der Waals surface area contributed by atoms with E-state index in [1.165, 1.54) is 6.07 Å². The van der Waals surface area contributed by atoms with Crippen molar-refractivity contribution in [1.82, 2.24) is 0 Å². The van der Waals surface area contributed by atoms with Crippen LogP contribution in [0.15, 0.2) is 12.1 Å². The molecule has 0 aliphatic carbocycles. The summed E-state index contributed by atoms with van der Waals surface area (Å²) < 4.78 is 13.7. The Morgan fingerprint density at radius 1 is 1.67 bits per heavy atom. The van der Waals surface area contributed by atoms with Crippen molar-refractivity contribution in [3.05, 3.63) is 31.6 Å². The van der Waals surface area contributed by atoms with Crippen LogP contribution in [0.2, 0.25) is 0 Å². The van der Waals surface area contributed by atoms with Gasteiger partial charge in [0, 0.05) is 25.2 Å². The molecule has 5 nitrogen and oxygen atoms in total. The maximum Gasteiger partial charge on any atom is 0.293 e. The van der Waals surface area contributed by atoms with Gasteiger partial charge in [-0.3, -0.25) is 10.1 Å². The van der Waals surface area contributed by atoms with Crippen molar-refractivity contribution in [1.29, 1.82) is 5.26 Å². The van der Waals surface area contributed by atoms with Gasteiger partial charge in [-0.15, -0.1) is 0 Å². The van der Waals surface area contributed by atoms with Crippen molar-refractivity contribution >= 4 is 34.0 Å². The lowest BCUT2D eigenvalue weighted by atomic mass is 10.1. The summed E-state index contributed by atoms with van der Waals surface area (Å²) in [7, 11) is 1.61. The van der Waals surface area contributed by atoms with Crippen molar-refractivity contribution in [3.8, 4) is 6.07 Å². The normalized spacial score (nSPS) is 11.7. The van der Waals surface area contributed by atoms with Crippen LogP contribution >= 0.6 is 22.6 Å². The first-order valence-corrected chi connectivity index (χ1v) is 6.19. The molecule has 0 radical (unpaired) electrons. The number of hydrogen-bond acceptors (Lipinski definition) is 4. The molecule has 0 saturated heterocycles. The molecular formula is C11H11FIN3O2. The van der Waals surface area contributed by atoms with Gasteiger partial charge in [0.2, 0.25) is 0 Å². The number of rotatable bonds is 4. The van der Waals surface area contributed by atoms with E-state index in [1.807, 2.05) is 6.07 Å². The van der Waals surface area contributed by atoms with Crippen LogP contribution in [0.25, 0.3) is 0 Å². The zero-order chi connectivity index (χ0) is 13.9. The summed E-state index contributed by atoms with van der Waals surface area (Å²) in [4.78, 5) is 12.0. The first kappa shape index (κ1) is 14.6. The van der Waals surface area contributed by atoms with Crippen LogP contribution in [0.3, 0.4) is 0 Å². The largest absolute Gasteiger partial charge is 0.365 e. The fourth-order valence-electron chi connectivity index (χ4n) is 1.46. The van der Waals surface area contributed by atoms with E-state index in [9.17, 15) is 14.5 Å². The highest BCUT2D eigenvalue weighted by molar-refractivity contribution is 14.1. The molecule has 1 atom stereocenters. The summed E-state index contributed by atoms with van der Waals surface area (Å²) in [5, 5.41) is 19.6. The molecule has 96 valence electrons. The molecular weight excluding hydrogens is 352 g/mol. The van der Waals surface area contributed by atoms with Gasteiger partial charge >= 0.3 is 0 Å². The lowest BCUT2D eigenvalue weighted by Crippen LogP contribution is -2.29. The molecule has 0 amide bonds. The third-order valence-corrected chi connectivity index (χ3v) is 3.47. The average molecular weight is 363 g/mol. The fraction of sp³-hybridized carbons (Fsp3) is 0.364. The molecule has 0 N–H and O–H groups in total. The smallest absolute Gasteiger partial charge is 0.293 e. The Bertz CT molecular complexity index is 516. The van der Waals surface area contributed by atoms with E-state index in [1.54, 1.807) is 41.5 Å². The lowest BCUT2D eigenvalue weighted by molar-refractivity contribution is -0.384. The first-order valence-electron chi connectivity index (χ1n) is 5.11. The van der Waals surface area contributed by atoms with Gasteiger partial charge in [0.1, 0.15) is 11.5 Å². The second-order valence-electron chi connectivity index (χ2n) is 3.83. The number of benzene rings is 1. The molecule has 0 aliphatic rings. The molecule has 0 bridgehead atoms. The van der Waals surface area contributed by atoms with Crippen LogP contribution in [0.5, 0.6) is 0 Å². The minimum atomic E-state index is -0.549. The first-order chi connectivity index (χ1) is 8.38. The summed E-state index contributed by atoms with van der Waals surface area (Å²) >= 11 is 1.71. The molecule has 1 aromatic carbocycles. The van der Waals surface area contributed by atoms with Crippen LogP contribution in [0, 0.1) is 30.8 Å². The van der Waals surface area contributed by atoms with Crippen molar-refractivity contribution in [2.45, 2.75) is 19.4 Å². The van der Waals surface area contributed by atoms with E-state index < -0.39 is 10.7 Å². The number of nitrogens with zero attached hydrogens (tertiary/aromatic N) is 3. The summed E-state index contributed by atoms with van der Waals surface area (Å²) in [6.45, 7) is 1.75. The summed E-state index contributed by atoms with van der Waals surface area (Å²) in [6.07, 6.45) is 0.210. The van der Waals surface area contributed by atoms with Gasteiger partial charge in [-0.05, 0) is 29.5 Å². The van der Waals surface area contributed by atoms with Crippen molar-refractivity contribution in [3.63, 3.8) is 0 Å². The lowest BCUT2D eigenvalue weighted by Gasteiger charge is -2.24. The molecule has 18 heavy (non-hydrogen) atoms. The summed E-state index contributed by atoms with van der Waals surface area (Å²) in [5.41, 5.74) is 0.0220. The van der Waals surface area contributed by atoms with Gasteiger partial charge in [-0.1, -0.05) is 0 Å². The van der Waals surface area contributed by atoms with E-state index in [0.717, 1.165) is 6.07 Å². The van der Waals surface area contributed by atoms with E-state index in [2.05, 4.69) is 0 Å². The molecule has 1 rings (SSSR count). The number of hydrogen-bond donors (Lipinski definition) is 0. The van der Waals surface area contributed by atoms with E-state index in [0.29, 0.717) is 0 Å². The minimum Gasteiger partial charge on any atom is -0.365 e. The third-order valence-electron chi connectivity index (χ3n) is 2.64. The van der Waals surface area contributed by atoms with E-state index in [4.69, 9.17) is 5.26 Å². The van der Waals surface area contributed by atoms with Gasteiger partial charge in [-0.2, -0.15) is 5.26 Å². The SMILES string of the molecule is CC(CC#N)N(C)c1cc(F)c(I)cc1[N+](=O)[O-]. The number of nitriles is 1. The molecule has 1 aromatic rings. The summed E-state index contributed by atoms with van der Waals surface area (Å²) in [6, 6.07) is 4.09. The summed E-state index contributed by atoms with van der Waals surface area (Å²) in [5.74, 6) is -0.507. The topological polar surface area (TPSA) is 70.2 Å². The van der Waals surface area contributed by atoms with Crippen LogP contribution in [-0.4, -0.2) is 18.0 Å². The predicted octanol–water partition coefficient (Wildman–Crippen LogP) is 3.08. The Morgan fingerprint density at radius 2 is 2.28 bits per heavy atom. The number of halogens is 2. The third kappa shape index (κ3) is 3.07. The standard InChI is InChI=1S/C11H11FIN3O2/c1-7(3-4-14)15(2)10-5-8(12)9(13)6-11(10)16(17)18/h5-7H,3H2,1-2H3. The van der Waals surface area contributed by atoms with Crippen LogP contribution in [0.1, 0.15) is 13.3 Å². The average Bonchev–Trinajstić information content (AvgIpc) is 2.31. The Hall–Kier alpha value is -1.43. The Balaban J connectivity index is 3.26. The highest BCUT2D eigenvalue weighted by Gasteiger charge is 2.23. The van der Waals surface area contributed by atoms with Crippen molar-refractivity contribution in [2.75, 3.05) is 11.9 Å². The molecule has 0 aliphatic heterocycles. The number of nitro groups is 1. The maximum absolute atomic E-state index is 13.5. The molecule has 0 heterocycles. The van der Waals surface area contributed by atoms with Crippen molar-refractivity contribution in [2.24, 2.45) is 0 Å². The molecule has 0 spiro atoms. The zero-order valence-electron chi connectivity index (χ0n) is 9.85. The highest BCUT2D eigenvalue weighted by atomic mass is 127. The second kappa shape index (κ2) is 5.95. The van der Waals surface area contributed by atoms with Gasteiger partial charge < -0.3 is 4.90 Å². The van der Waals surface area contributed by atoms with E-state index >= 15 is 0 Å². The quantitative estimate of drug-likeness (QED) is 0.468. The Morgan fingerprint density at radius 3 is 2.78 bits per heavy atom. The monoisotopic (exact) mass is 363 g/mol. The van der Waals surface area contributed by atoms with Gasteiger partial charge in [-0.25, -0.2) is 4.39 Å². The molecule has 0 aromatic heterocycles. The molecule has 1 unspecified atom stereocenters. The van der Waals surface area contributed by atoms with Gasteiger partial charge in [0.25, 0.3) is 5.69 Å². The Kier molecular flexibility index (Phi) is 4.84. The predicted molar refractivity (Wildman–Crippen MR) is 73.9 cm³/mol. The van der Waals surface area contributed by atoms with Gasteiger partial charge in [0.15, 0.2) is 0 Å². The van der Waals surface area contributed by atoms with E-state index in [-0.39, 0.29) is 27.4 Å². The molecule has 0 saturated carbocycles. The van der Waals surface area contributed by atoms with Crippen LogP contribution in [-0.2, 0) is 0 Å². The van der Waals surface area contributed by atoms with Crippen LogP contribution < -0.4 is 4.90 Å². The van der Waals surface area contributed by atoms with Gasteiger partial charge in [0.05, 0.1) is 21.0 Å². The number of anilines is 1. The second-order valence-corrected chi connectivity index (χ2v) is 5.00. The maximum atomic E-state index is 13.5. The highest BCUT2D eigenvalue weighted by Crippen LogP contribution is 2.32. The fourth-order valence-corrected chi connectivity index (χ4v) is 1.91. The molecule has 0 fully saturated rings. The Labute approximate surface area is 117 Å². The van der Waals surface area contributed by atoms with Crippen LogP contribution in [0.4, 0.5) is 15.8 Å². The zero-order valence-corrected chi connectivity index (χ0v) is 12.0. The minimum absolute atomic E-state index is 0.159. The molecule has 7 heteroatoms. The van der Waals surface area contributed by atoms with Crippen molar-refractivity contribution < 1.29 is 9.31 Å². The number of nitro benzene ring substituents is 1.